The second-order valence-corrected chi connectivity index (χ2v) is 8.00. The van der Waals surface area contributed by atoms with Crippen LogP contribution in [0.5, 0.6) is 11.5 Å². The van der Waals surface area contributed by atoms with Crippen LogP contribution in [-0.2, 0) is 9.59 Å². The van der Waals surface area contributed by atoms with Gasteiger partial charge in [-0.1, -0.05) is 36.4 Å². The Morgan fingerprint density at radius 2 is 1.79 bits per heavy atom. The lowest BCUT2D eigenvalue weighted by Crippen LogP contribution is -2.47. The molecule has 3 rings (SSSR count). The van der Waals surface area contributed by atoms with Gasteiger partial charge >= 0.3 is 0 Å². The Balaban J connectivity index is 1.80. The molecule has 0 aliphatic carbocycles. The molecule has 6 nitrogen and oxygen atoms in total. The number of hydrogen-bond acceptors (Lipinski definition) is 5. The van der Waals surface area contributed by atoms with E-state index in [4.69, 9.17) is 9.47 Å². The molecule has 0 bridgehead atoms. The molecule has 1 aliphatic heterocycles. The van der Waals surface area contributed by atoms with E-state index in [0.717, 1.165) is 11.1 Å². The Bertz CT molecular complexity index is 874. The highest BCUT2D eigenvalue weighted by molar-refractivity contribution is 7.99. The Kier molecular flexibility index (Phi) is 6.69. The summed E-state index contributed by atoms with van der Waals surface area (Å²) in [7, 11) is 3.16. The molecule has 154 valence electrons. The van der Waals surface area contributed by atoms with Crippen LogP contribution in [0, 0.1) is 0 Å². The Labute approximate surface area is 175 Å². The standard InChI is InChI=1S/C22H26N2O4S/c1-14(16-8-6-5-7-9-16)23-21(26)18-13-29-22(24(18)15(2)25)17-10-11-19(27-3)20(12-17)28-4/h5-12,14,18,22H,13H2,1-4H3,(H,23,26)/t14-,18-,22+/m0/s1. The van der Waals surface area contributed by atoms with E-state index >= 15 is 0 Å². The van der Waals surface area contributed by atoms with Crippen LogP contribution < -0.4 is 14.8 Å². The number of rotatable bonds is 6. The summed E-state index contributed by atoms with van der Waals surface area (Å²) in [4.78, 5) is 27.1. The first-order valence-electron chi connectivity index (χ1n) is 9.44. The molecule has 0 aromatic heterocycles. The normalized spacial score (nSPS) is 19.5. The number of nitrogens with zero attached hydrogens (tertiary/aromatic N) is 1. The maximum atomic E-state index is 13.0. The van der Waals surface area contributed by atoms with Gasteiger partial charge in [-0.05, 0) is 30.2 Å². The molecule has 2 amide bonds. The number of thioether (sulfide) groups is 1. The van der Waals surface area contributed by atoms with Gasteiger partial charge < -0.3 is 19.7 Å². The number of carbonyl (C=O) groups is 2. The fraction of sp³-hybridized carbons (Fsp3) is 0.364. The zero-order chi connectivity index (χ0) is 21.0. The Morgan fingerprint density at radius 1 is 1.10 bits per heavy atom. The van der Waals surface area contributed by atoms with Crippen molar-refractivity contribution in [2.24, 2.45) is 0 Å². The quantitative estimate of drug-likeness (QED) is 0.783. The Morgan fingerprint density at radius 3 is 2.41 bits per heavy atom. The molecule has 1 aliphatic rings. The fourth-order valence-electron chi connectivity index (χ4n) is 3.49. The van der Waals surface area contributed by atoms with E-state index in [9.17, 15) is 9.59 Å². The smallest absolute Gasteiger partial charge is 0.244 e. The summed E-state index contributed by atoms with van der Waals surface area (Å²) in [5, 5.41) is 2.79. The lowest BCUT2D eigenvalue weighted by Gasteiger charge is -2.29. The van der Waals surface area contributed by atoms with Crippen LogP contribution in [-0.4, -0.2) is 42.7 Å². The lowest BCUT2D eigenvalue weighted by atomic mass is 10.1. The average molecular weight is 415 g/mol. The summed E-state index contributed by atoms with van der Waals surface area (Å²) in [6, 6.07) is 14.7. The minimum Gasteiger partial charge on any atom is -0.493 e. The lowest BCUT2D eigenvalue weighted by molar-refractivity contribution is -0.138. The van der Waals surface area contributed by atoms with Gasteiger partial charge in [0.25, 0.3) is 0 Å². The van der Waals surface area contributed by atoms with E-state index in [1.54, 1.807) is 30.9 Å². The Hall–Kier alpha value is -2.67. The van der Waals surface area contributed by atoms with Crippen LogP contribution in [0.15, 0.2) is 48.5 Å². The summed E-state index contributed by atoms with van der Waals surface area (Å²) in [6.07, 6.45) is 0. The van der Waals surface area contributed by atoms with Gasteiger partial charge in [-0.2, -0.15) is 0 Å². The predicted octanol–water partition coefficient (Wildman–Crippen LogP) is 3.54. The highest BCUT2D eigenvalue weighted by Gasteiger charge is 2.41. The molecule has 29 heavy (non-hydrogen) atoms. The maximum absolute atomic E-state index is 13.0. The van der Waals surface area contributed by atoms with Gasteiger partial charge in [0.1, 0.15) is 11.4 Å². The summed E-state index contributed by atoms with van der Waals surface area (Å²) in [6.45, 7) is 3.44. The summed E-state index contributed by atoms with van der Waals surface area (Å²) in [5.41, 5.74) is 1.92. The first-order valence-corrected chi connectivity index (χ1v) is 10.5. The molecular weight excluding hydrogens is 388 g/mol. The largest absolute Gasteiger partial charge is 0.493 e. The van der Waals surface area contributed by atoms with Gasteiger partial charge in [0.15, 0.2) is 11.5 Å². The number of hydrogen-bond donors (Lipinski definition) is 1. The van der Waals surface area contributed by atoms with Gasteiger partial charge in [-0.3, -0.25) is 9.59 Å². The van der Waals surface area contributed by atoms with Crippen molar-refractivity contribution in [3.63, 3.8) is 0 Å². The SMILES string of the molecule is COc1ccc([C@H]2SC[C@@H](C(=O)N[C@@H](C)c3ccccc3)N2C(C)=O)cc1OC. The minimum atomic E-state index is -0.526. The number of benzene rings is 2. The van der Waals surface area contributed by atoms with Crippen molar-refractivity contribution in [1.82, 2.24) is 10.2 Å². The van der Waals surface area contributed by atoms with Gasteiger partial charge in [0, 0.05) is 12.7 Å². The van der Waals surface area contributed by atoms with Crippen molar-refractivity contribution in [2.75, 3.05) is 20.0 Å². The molecule has 0 radical (unpaired) electrons. The number of amides is 2. The zero-order valence-electron chi connectivity index (χ0n) is 17.0. The second-order valence-electron chi connectivity index (χ2n) is 6.88. The molecular formula is C22H26N2O4S. The van der Waals surface area contributed by atoms with Crippen LogP contribution >= 0.6 is 11.8 Å². The van der Waals surface area contributed by atoms with Crippen LogP contribution in [0.25, 0.3) is 0 Å². The molecule has 1 fully saturated rings. The third-order valence-corrected chi connectivity index (χ3v) is 6.34. The van der Waals surface area contributed by atoms with Crippen LogP contribution in [0.1, 0.15) is 36.4 Å². The van der Waals surface area contributed by atoms with E-state index in [0.29, 0.717) is 17.3 Å². The van der Waals surface area contributed by atoms with Crippen LogP contribution in [0.4, 0.5) is 0 Å². The van der Waals surface area contributed by atoms with E-state index in [1.807, 2.05) is 55.5 Å². The van der Waals surface area contributed by atoms with Crippen molar-refractivity contribution in [1.29, 1.82) is 0 Å². The fourth-order valence-corrected chi connectivity index (χ4v) is 4.96. The highest BCUT2D eigenvalue weighted by Crippen LogP contribution is 2.43. The first-order chi connectivity index (χ1) is 14.0. The summed E-state index contributed by atoms with van der Waals surface area (Å²) in [5.74, 6) is 1.47. The minimum absolute atomic E-state index is 0.136. The predicted molar refractivity (Wildman–Crippen MR) is 114 cm³/mol. The molecule has 2 aromatic carbocycles. The molecule has 1 saturated heterocycles. The topological polar surface area (TPSA) is 67.9 Å². The molecule has 1 N–H and O–H groups in total. The van der Waals surface area contributed by atoms with Gasteiger partial charge in [0.05, 0.1) is 20.3 Å². The zero-order valence-corrected chi connectivity index (χ0v) is 17.9. The van der Waals surface area contributed by atoms with Crippen LogP contribution in [0.2, 0.25) is 0 Å². The molecule has 7 heteroatoms. The summed E-state index contributed by atoms with van der Waals surface area (Å²) < 4.78 is 10.7. The third kappa shape index (κ3) is 4.50. The van der Waals surface area contributed by atoms with Crippen LogP contribution in [0.3, 0.4) is 0 Å². The van der Waals surface area contributed by atoms with E-state index in [1.165, 1.54) is 6.92 Å². The molecule has 0 spiro atoms. The van der Waals surface area contributed by atoms with E-state index < -0.39 is 6.04 Å². The number of methoxy groups -OCH3 is 2. The van der Waals surface area contributed by atoms with Crippen molar-refractivity contribution in [2.45, 2.75) is 31.3 Å². The molecule has 2 aromatic rings. The van der Waals surface area contributed by atoms with Crippen molar-refractivity contribution in [3.05, 3.63) is 59.7 Å². The molecule has 0 saturated carbocycles. The molecule has 0 unspecified atom stereocenters. The number of nitrogens with one attached hydrogen (secondary N) is 1. The van der Waals surface area contributed by atoms with Gasteiger partial charge in [-0.15, -0.1) is 11.8 Å². The molecule has 1 heterocycles. The summed E-state index contributed by atoms with van der Waals surface area (Å²) >= 11 is 1.57. The monoisotopic (exact) mass is 414 g/mol. The second kappa shape index (κ2) is 9.22. The van der Waals surface area contributed by atoms with E-state index in [2.05, 4.69) is 5.32 Å². The third-order valence-electron chi connectivity index (χ3n) is 5.02. The van der Waals surface area contributed by atoms with Gasteiger partial charge in [-0.25, -0.2) is 0 Å². The van der Waals surface area contributed by atoms with Crippen molar-refractivity contribution in [3.8, 4) is 11.5 Å². The van der Waals surface area contributed by atoms with Gasteiger partial charge in [0.2, 0.25) is 11.8 Å². The number of ether oxygens (including phenoxy) is 2. The van der Waals surface area contributed by atoms with E-state index in [-0.39, 0.29) is 23.2 Å². The first kappa shape index (κ1) is 21.0. The maximum Gasteiger partial charge on any atom is 0.244 e. The highest BCUT2D eigenvalue weighted by atomic mass is 32.2. The van der Waals surface area contributed by atoms with Crippen molar-refractivity contribution >= 4 is 23.6 Å². The number of carbonyl (C=O) groups excluding carboxylic acids is 2. The van der Waals surface area contributed by atoms with Crippen molar-refractivity contribution < 1.29 is 19.1 Å². The average Bonchev–Trinajstić information content (AvgIpc) is 3.19. The molecule has 3 atom stereocenters.